The molecule has 2 N–H and O–H groups in total. The van der Waals surface area contributed by atoms with Gasteiger partial charge >= 0.3 is 0 Å². The van der Waals surface area contributed by atoms with E-state index in [0.29, 0.717) is 25.6 Å². The zero-order chi connectivity index (χ0) is 10.9. The number of nitrogens with two attached hydrogens (primary N) is 1. The zero-order valence-corrected chi connectivity index (χ0v) is 9.37. The van der Waals surface area contributed by atoms with E-state index < -0.39 is 0 Å². The second-order valence-electron chi connectivity index (χ2n) is 4.61. The summed E-state index contributed by atoms with van der Waals surface area (Å²) in [6.07, 6.45) is 3.13. The number of carbonyl (C=O) groups is 1. The highest BCUT2D eigenvalue weighted by molar-refractivity contribution is 5.85. The van der Waals surface area contributed by atoms with Crippen LogP contribution >= 0.6 is 0 Å². The van der Waals surface area contributed by atoms with Gasteiger partial charge in [0.25, 0.3) is 0 Å². The maximum absolute atomic E-state index is 12.2. The molecular formula is C11H20N2O2. The molecule has 0 spiro atoms. The first kappa shape index (κ1) is 10.9. The van der Waals surface area contributed by atoms with E-state index in [1.54, 1.807) is 0 Å². The molecule has 0 aromatic heterocycles. The van der Waals surface area contributed by atoms with E-state index in [9.17, 15) is 4.79 Å². The van der Waals surface area contributed by atoms with Crippen molar-refractivity contribution in [3.63, 3.8) is 0 Å². The van der Waals surface area contributed by atoms with E-state index in [1.807, 2.05) is 4.90 Å². The van der Waals surface area contributed by atoms with Crippen molar-refractivity contribution in [3.05, 3.63) is 0 Å². The van der Waals surface area contributed by atoms with Gasteiger partial charge in [0.15, 0.2) is 0 Å². The Bertz CT molecular complexity index is 251. The predicted molar refractivity (Wildman–Crippen MR) is 57.3 cm³/mol. The number of morpholine rings is 1. The number of carbonyl (C=O) groups excluding carboxylic acids is 1. The lowest BCUT2D eigenvalue weighted by Crippen LogP contribution is -2.50. The van der Waals surface area contributed by atoms with Crippen LogP contribution in [0.25, 0.3) is 0 Å². The average molecular weight is 212 g/mol. The Morgan fingerprint density at radius 2 is 2.33 bits per heavy atom. The van der Waals surface area contributed by atoms with Crippen molar-refractivity contribution in [2.24, 2.45) is 11.1 Å². The van der Waals surface area contributed by atoms with Crippen LogP contribution < -0.4 is 5.73 Å². The summed E-state index contributed by atoms with van der Waals surface area (Å²) in [4.78, 5) is 14.1. The molecule has 1 heterocycles. The van der Waals surface area contributed by atoms with Crippen molar-refractivity contribution in [3.8, 4) is 0 Å². The first-order chi connectivity index (χ1) is 7.22. The van der Waals surface area contributed by atoms with E-state index in [1.165, 1.54) is 0 Å². The molecule has 1 saturated heterocycles. The lowest BCUT2D eigenvalue weighted by Gasteiger charge is -2.34. The van der Waals surface area contributed by atoms with Crippen LogP contribution in [-0.2, 0) is 9.53 Å². The molecule has 1 amide bonds. The SMILES string of the molecule is CCC1(C(=O)N2CCOC(CN)C2)CC1. The number of ether oxygens (including phenoxy) is 1. The Kier molecular flexibility index (Phi) is 2.98. The van der Waals surface area contributed by atoms with Gasteiger partial charge < -0.3 is 15.4 Å². The molecule has 1 saturated carbocycles. The highest BCUT2D eigenvalue weighted by atomic mass is 16.5. The predicted octanol–water partition coefficient (Wildman–Crippen LogP) is 0.363. The number of rotatable bonds is 3. The van der Waals surface area contributed by atoms with E-state index in [-0.39, 0.29) is 11.5 Å². The van der Waals surface area contributed by atoms with Gasteiger partial charge in [-0.2, -0.15) is 0 Å². The second-order valence-corrected chi connectivity index (χ2v) is 4.61. The summed E-state index contributed by atoms with van der Waals surface area (Å²) >= 11 is 0. The van der Waals surface area contributed by atoms with Crippen LogP contribution in [0.15, 0.2) is 0 Å². The van der Waals surface area contributed by atoms with Crippen molar-refractivity contribution in [2.75, 3.05) is 26.2 Å². The molecule has 1 unspecified atom stereocenters. The standard InChI is InChI=1S/C11H20N2O2/c1-2-11(3-4-11)10(14)13-5-6-15-9(7-12)8-13/h9H,2-8,12H2,1H3. The Morgan fingerprint density at radius 1 is 1.60 bits per heavy atom. The number of nitrogens with zero attached hydrogens (tertiary/aromatic N) is 1. The third-order valence-electron chi connectivity index (χ3n) is 3.67. The Morgan fingerprint density at radius 3 is 2.87 bits per heavy atom. The molecule has 4 heteroatoms. The minimum Gasteiger partial charge on any atom is -0.373 e. The molecule has 0 bridgehead atoms. The quantitative estimate of drug-likeness (QED) is 0.735. The topological polar surface area (TPSA) is 55.6 Å². The third-order valence-corrected chi connectivity index (χ3v) is 3.67. The van der Waals surface area contributed by atoms with Gasteiger partial charge in [-0.3, -0.25) is 4.79 Å². The van der Waals surface area contributed by atoms with E-state index in [0.717, 1.165) is 25.8 Å². The van der Waals surface area contributed by atoms with Gasteiger partial charge in [0.2, 0.25) is 5.91 Å². The third kappa shape index (κ3) is 2.01. The highest BCUT2D eigenvalue weighted by Crippen LogP contribution is 2.50. The summed E-state index contributed by atoms with van der Waals surface area (Å²) in [5.41, 5.74) is 5.54. The number of hydrogen-bond donors (Lipinski definition) is 1. The van der Waals surface area contributed by atoms with Gasteiger partial charge in [0.1, 0.15) is 0 Å². The fourth-order valence-electron chi connectivity index (χ4n) is 2.25. The zero-order valence-electron chi connectivity index (χ0n) is 9.37. The second kappa shape index (κ2) is 4.10. The van der Waals surface area contributed by atoms with Gasteiger partial charge in [0.05, 0.1) is 12.7 Å². The number of amides is 1. The van der Waals surface area contributed by atoms with Crippen LogP contribution in [0.2, 0.25) is 0 Å². The lowest BCUT2D eigenvalue weighted by molar-refractivity contribution is -0.144. The van der Waals surface area contributed by atoms with Gasteiger partial charge in [-0.25, -0.2) is 0 Å². The fourth-order valence-corrected chi connectivity index (χ4v) is 2.25. The van der Waals surface area contributed by atoms with Crippen molar-refractivity contribution >= 4 is 5.91 Å². The minimum atomic E-state index is -0.0174. The normalized spacial score (nSPS) is 28.9. The van der Waals surface area contributed by atoms with Crippen molar-refractivity contribution < 1.29 is 9.53 Å². The van der Waals surface area contributed by atoms with Gasteiger partial charge in [-0.05, 0) is 19.3 Å². The molecule has 0 radical (unpaired) electrons. The molecule has 0 aromatic rings. The molecule has 2 aliphatic rings. The smallest absolute Gasteiger partial charge is 0.228 e. The van der Waals surface area contributed by atoms with Gasteiger partial charge in [0, 0.05) is 25.0 Å². The summed E-state index contributed by atoms with van der Waals surface area (Å²) in [5.74, 6) is 0.326. The Hall–Kier alpha value is -0.610. The Labute approximate surface area is 90.8 Å². The molecule has 1 aliphatic carbocycles. The molecule has 2 rings (SSSR count). The van der Waals surface area contributed by atoms with E-state index in [4.69, 9.17) is 10.5 Å². The monoisotopic (exact) mass is 212 g/mol. The van der Waals surface area contributed by atoms with Crippen LogP contribution in [0, 0.1) is 5.41 Å². The molecule has 0 aromatic carbocycles. The fraction of sp³-hybridized carbons (Fsp3) is 0.909. The molecule has 1 aliphatic heterocycles. The summed E-state index contributed by atoms with van der Waals surface area (Å²) in [5, 5.41) is 0. The van der Waals surface area contributed by atoms with Crippen LogP contribution in [-0.4, -0.2) is 43.2 Å². The molecule has 2 fully saturated rings. The first-order valence-electron chi connectivity index (χ1n) is 5.83. The summed E-state index contributed by atoms with van der Waals surface area (Å²) in [6, 6.07) is 0. The maximum Gasteiger partial charge on any atom is 0.228 e. The molecule has 4 nitrogen and oxygen atoms in total. The molecule has 86 valence electrons. The number of hydrogen-bond acceptors (Lipinski definition) is 3. The summed E-state index contributed by atoms with van der Waals surface area (Å²) < 4.78 is 5.46. The lowest BCUT2D eigenvalue weighted by atomic mass is 10.0. The van der Waals surface area contributed by atoms with Crippen molar-refractivity contribution in [1.29, 1.82) is 0 Å². The van der Waals surface area contributed by atoms with Gasteiger partial charge in [-0.15, -0.1) is 0 Å². The summed E-state index contributed by atoms with van der Waals surface area (Å²) in [7, 11) is 0. The molecule has 1 atom stereocenters. The first-order valence-corrected chi connectivity index (χ1v) is 5.83. The summed E-state index contributed by atoms with van der Waals surface area (Å²) in [6.45, 7) is 4.65. The largest absolute Gasteiger partial charge is 0.373 e. The van der Waals surface area contributed by atoms with E-state index >= 15 is 0 Å². The van der Waals surface area contributed by atoms with Crippen LogP contribution in [0.3, 0.4) is 0 Å². The molecular weight excluding hydrogens is 192 g/mol. The van der Waals surface area contributed by atoms with Crippen LogP contribution in [0.4, 0.5) is 0 Å². The Balaban J connectivity index is 1.95. The highest BCUT2D eigenvalue weighted by Gasteiger charge is 2.50. The molecule has 15 heavy (non-hydrogen) atoms. The van der Waals surface area contributed by atoms with Gasteiger partial charge in [-0.1, -0.05) is 6.92 Å². The van der Waals surface area contributed by atoms with Crippen molar-refractivity contribution in [2.45, 2.75) is 32.3 Å². The van der Waals surface area contributed by atoms with Crippen LogP contribution in [0.5, 0.6) is 0 Å². The van der Waals surface area contributed by atoms with Crippen LogP contribution in [0.1, 0.15) is 26.2 Å². The minimum absolute atomic E-state index is 0.0174. The maximum atomic E-state index is 12.2. The van der Waals surface area contributed by atoms with Crippen molar-refractivity contribution in [1.82, 2.24) is 4.90 Å². The average Bonchev–Trinajstić information content (AvgIpc) is 3.09. The van der Waals surface area contributed by atoms with E-state index in [2.05, 4.69) is 6.92 Å².